The molecule has 0 saturated carbocycles. The second kappa shape index (κ2) is 5.30. The molecule has 0 fully saturated rings. The first-order valence-corrected chi connectivity index (χ1v) is 4.80. The molecule has 0 aliphatic rings. The highest BCUT2D eigenvalue weighted by Gasteiger charge is 2.05. The lowest BCUT2D eigenvalue weighted by Crippen LogP contribution is -2.22. The summed E-state index contributed by atoms with van der Waals surface area (Å²) < 4.78 is 17.5. The Hall–Kier alpha value is -1.84. The van der Waals surface area contributed by atoms with E-state index in [0.29, 0.717) is 5.75 Å². The van der Waals surface area contributed by atoms with E-state index in [9.17, 15) is 9.18 Å². The molecule has 0 heterocycles. The van der Waals surface area contributed by atoms with Crippen LogP contribution in [0.5, 0.6) is 5.75 Å². The average Bonchev–Trinajstić information content (AvgIpc) is 2.24. The molecule has 86 valence electrons. The van der Waals surface area contributed by atoms with Gasteiger partial charge in [0.1, 0.15) is 5.75 Å². The fourth-order valence-electron chi connectivity index (χ4n) is 1.32. The zero-order valence-corrected chi connectivity index (χ0v) is 9.34. The van der Waals surface area contributed by atoms with Crippen molar-refractivity contribution in [1.82, 2.24) is 5.32 Å². The molecule has 16 heavy (non-hydrogen) atoms. The number of aryl methyl sites for hydroxylation is 1. The van der Waals surface area contributed by atoms with Crippen LogP contribution in [0, 0.1) is 6.92 Å². The Morgan fingerprint density at radius 2 is 2.19 bits per heavy atom. The van der Waals surface area contributed by atoms with Gasteiger partial charge in [0.25, 0.3) is 5.91 Å². The zero-order valence-electron chi connectivity index (χ0n) is 9.34. The minimum atomic E-state index is -0.986. The summed E-state index contributed by atoms with van der Waals surface area (Å²) in [6, 6.07) is 5.55. The van der Waals surface area contributed by atoms with Crippen molar-refractivity contribution in [3.63, 3.8) is 0 Å². The first-order valence-electron chi connectivity index (χ1n) is 4.80. The van der Waals surface area contributed by atoms with Crippen LogP contribution in [-0.4, -0.2) is 13.0 Å². The van der Waals surface area contributed by atoms with Crippen molar-refractivity contribution in [3.05, 3.63) is 41.7 Å². The first-order chi connectivity index (χ1) is 7.52. The van der Waals surface area contributed by atoms with E-state index in [1.807, 2.05) is 19.1 Å². The van der Waals surface area contributed by atoms with Gasteiger partial charge in [0, 0.05) is 6.54 Å². The quantitative estimate of drug-likeness (QED) is 0.794. The van der Waals surface area contributed by atoms with Gasteiger partial charge in [-0.2, -0.15) is 0 Å². The molecular weight excluding hydrogens is 209 g/mol. The van der Waals surface area contributed by atoms with Crippen molar-refractivity contribution >= 4 is 5.91 Å². The van der Waals surface area contributed by atoms with E-state index in [2.05, 4.69) is 11.9 Å². The molecule has 0 aliphatic carbocycles. The predicted octanol–water partition coefficient (Wildman–Crippen LogP) is 2.10. The van der Waals surface area contributed by atoms with Crippen molar-refractivity contribution in [3.8, 4) is 5.75 Å². The number of hydrogen-bond acceptors (Lipinski definition) is 2. The molecule has 0 unspecified atom stereocenters. The van der Waals surface area contributed by atoms with Crippen LogP contribution in [0.25, 0.3) is 0 Å². The minimum Gasteiger partial charge on any atom is -0.497 e. The number of carbonyl (C=O) groups excluding carboxylic acids is 1. The summed E-state index contributed by atoms with van der Waals surface area (Å²) in [5, 5.41) is 2.41. The van der Waals surface area contributed by atoms with Gasteiger partial charge >= 0.3 is 0 Å². The van der Waals surface area contributed by atoms with Crippen LogP contribution in [0.2, 0.25) is 0 Å². The van der Waals surface area contributed by atoms with E-state index in [0.717, 1.165) is 11.1 Å². The maximum atomic E-state index is 12.4. The van der Waals surface area contributed by atoms with Gasteiger partial charge < -0.3 is 10.1 Å². The van der Waals surface area contributed by atoms with E-state index in [1.165, 1.54) is 0 Å². The molecule has 0 spiro atoms. The Kier molecular flexibility index (Phi) is 4.05. The first kappa shape index (κ1) is 12.2. The van der Waals surface area contributed by atoms with Gasteiger partial charge in [0.2, 0.25) is 0 Å². The van der Waals surface area contributed by atoms with Crippen LogP contribution in [0.3, 0.4) is 0 Å². The lowest BCUT2D eigenvalue weighted by Gasteiger charge is -2.07. The summed E-state index contributed by atoms with van der Waals surface area (Å²) in [5.74, 6) is -1.07. The van der Waals surface area contributed by atoms with Gasteiger partial charge in [0.15, 0.2) is 5.83 Å². The number of halogens is 1. The third-order valence-corrected chi connectivity index (χ3v) is 2.05. The Labute approximate surface area is 93.9 Å². The molecule has 0 aliphatic heterocycles. The molecular formula is C12H14FNO2. The van der Waals surface area contributed by atoms with E-state index >= 15 is 0 Å². The molecule has 1 N–H and O–H groups in total. The summed E-state index contributed by atoms with van der Waals surface area (Å²) >= 11 is 0. The number of amides is 1. The van der Waals surface area contributed by atoms with Crippen LogP contribution >= 0.6 is 0 Å². The molecule has 0 saturated heterocycles. The molecule has 0 radical (unpaired) electrons. The molecule has 1 aromatic carbocycles. The van der Waals surface area contributed by atoms with Crippen LogP contribution in [0.15, 0.2) is 30.6 Å². The largest absolute Gasteiger partial charge is 0.497 e. The second-order valence-electron chi connectivity index (χ2n) is 3.45. The van der Waals surface area contributed by atoms with Gasteiger partial charge in [-0.05, 0) is 30.2 Å². The number of hydrogen-bond donors (Lipinski definition) is 1. The maximum Gasteiger partial charge on any atom is 0.279 e. The van der Waals surface area contributed by atoms with Crippen LogP contribution in [0.1, 0.15) is 11.1 Å². The van der Waals surface area contributed by atoms with Crippen molar-refractivity contribution in [2.45, 2.75) is 13.5 Å². The number of rotatable bonds is 4. The molecule has 1 aromatic rings. The monoisotopic (exact) mass is 223 g/mol. The Morgan fingerprint density at radius 1 is 1.50 bits per heavy atom. The van der Waals surface area contributed by atoms with E-state index in [1.54, 1.807) is 13.2 Å². The summed E-state index contributed by atoms with van der Waals surface area (Å²) in [4.78, 5) is 10.9. The van der Waals surface area contributed by atoms with E-state index in [4.69, 9.17) is 4.74 Å². The maximum absolute atomic E-state index is 12.4. The highest BCUT2D eigenvalue weighted by atomic mass is 19.1. The van der Waals surface area contributed by atoms with Gasteiger partial charge in [-0.1, -0.05) is 12.6 Å². The minimum absolute atomic E-state index is 0.250. The summed E-state index contributed by atoms with van der Waals surface area (Å²) in [6.45, 7) is 5.08. The Morgan fingerprint density at radius 3 is 2.75 bits per heavy atom. The van der Waals surface area contributed by atoms with E-state index < -0.39 is 11.7 Å². The molecule has 1 rings (SSSR count). The molecule has 0 bridgehead atoms. The average molecular weight is 223 g/mol. The van der Waals surface area contributed by atoms with Crippen molar-refractivity contribution < 1.29 is 13.9 Å². The highest BCUT2D eigenvalue weighted by molar-refractivity contribution is 5.90. The molecule has 1 amide bonds. The zero-order chi connectivity index (χ0) is 12.1. The topological polar surface area (TPSA) is 38.3 Å². The molecule has 4 heteroatoms. The number of methoxy groups -OCH3 is 1. The summed E-state index contributed by atoms with van der Waals surface area (Å²) in [7, 11) is 1.57. The van der Waals surface area contributed by atoms with Crippen molar-refractivity contribution in [1.29, 1.82) is 0 Å². The van der Waals surface area contributed by atoms with Crippen LogP contribution in [0.4, 0.5) is 4.39 Å². The predicted molar refractivity (Wildman–Crippen MR) is 59.8 cm³/mol. The molecule has 0 atom stereocenters. The fourth-order valence-corrected chi connectivity index (χ4v) is 1.32. The highest BCUT2D eigenvalue weighted by Crippen LogP contribution is 2.16. The SMILES string of the molecule is C=C(F)C(=O)NCc1cc(C)cc(OC)c1. The van der Waals surface area contributed by atoms with Crippen LogP contribution in [-0.2, 0) is 11.3 Å². The fraction of sp³-hybridized carbons (Fsp3) is 0.250. The number of ether oxygens (including phenoxy) is 1. The van der Waals surface area contributed by atoms with Gasteiger partial charge in [-0.15, -0.1) is 0 Å². The van der Waals surface area contributed by atoms with Crippen molar-refractivity contribution in [2.75, 3.05) is 7.11 Å². The summed E-state index contributed by atoms with van der Waals surface area (Å²) in [5.41, 5.74) is 1.87. The third kappa shape index (κ3) is 3.38. The van der Waals surface area contributed by atoms with E-state index in [-0.39, 0.29) is 6.54 Å². The van der Waals surface area contributed by atoms with Crippen LogP contribution < -0.4 is 10.1 Å². The normalized spacial score (nSPS) is 9.69. The smallest absolute Gasteiger partial charge is 0.279 e. The van der Waals surface area contributed by atoms with Gasteiger partial charge in [-0.25, -0.2) is 4.39 Å². The lowest BCUT2D eigenvalue weighted by molar-refractivity contribution is -0.119. The number of nitrogens with one attached hydrogen (secondary N) is 1. The summed E-state index contributed by atoms with van der Waals surface area (Å²) in [6.07, 6.45) is 0. The lowest BCUT2D eigenvalue weighted by atomic mass is 10.1. The standard InChI is InChI=1S/C12H14FNO2/c1-8-4-10(6-11(5-8)16-3)7-14-12(15)9(2)13/h4-6H,2,7H2,1,3H3,(H,14,15). The third-order valence-electron chi connectivity index (χ3n) is 2.05. The second-order valence-corrected chi connectivity index (χ2v) is 3.45. The Balaban J connectivity index is 2.70. The van der Waals surface area contributed by atoms with Gasteiger partial charge in [-0.3, -0.25) is 4.79 Å². The molecule has 3 nitrogen and oxygen atoms in total. The number of benzene rings is 1. The Bertz CT molecular complexity index is 415. The number of carbonyl (C=O) groups is 1. The van der Waals surface area contributed by atoms with Crippen molar-refractivity contribution in [2.24, 2.45) is 0 Å². The molecule has 0 aromatic heterocycles. The van der Waals surface area contributed by atoms with Gasteiger partial charge in [0.05, 0.1) is 7.11 Å².